The number of rotatable bonds is 6. The number of aromatic hydroxyl groups is 1. The van der Waals surface area contributed by atoms with E-state index in [1.165, 1.54) is 6.07 Å². The molecule has 0 aromatic heterocycles. The van der Waals surface area contributed by atoms with Gasteiger partial charge in [0.1, 0.15) is 16.7 Å². The van der Waals surface area contributed by atoms with Crippen LogP contribution < -0.4 is 11.1 Å². The lowest BCUT2D eigenvalue weighted by molar-refractivity contribution is -0.138. The summed E-state index contributed by atoms with van der Waals surface area (Å²) in [4.78, 5) is 21.3. The van der Waals surface area contributed by atoms with E-state index in [1.807, 2.05) is 0 Å². The summed E-state index contributed by atoms with van der Waals surface area (Å²) in [6.45, 7) is 0. The maximum atomic E-state index is 11.6. The van der Waals surface area contributed by atoms with Crippen LogP contribution in [0.15, 0.2) is 23.1 Å². The van der Waals surface area contributed by atoms with Crippen LogP contribution in [0.1, 0.15) is 12.8 Å². The number of phenolic OH excluding ortho intramolecular Hbond substituents is 1. The SMILES string of the molecule is N[C@@H](CCC(=O)Nc1ccc(O)c(S(=O)(=O)O)c1)C(=O)O. The van der Waals surface area contributed by atoms with Gasteiger partial charge in [-0.2, -0.15) is 8.42 Å². The summed E-state index contributed by atoms with van der Waals surface area (Å²) in [5.41, 5.74) is 5.26. The summed E-state index contributed by atoms with van der Waals surface area (Å²) in [5.74, 6) is -2.48. The monoisotopic (exact) mass is 318 g/mol. The Labute approximate surface area is 120 Å². The van der Waals surface area contributed by atoms with Crippen molar-refractivity contribution in [1.29, 1.82) is 0 Å². The van der Waals surface area contributed by atoms with Crippen molar-refractivity contribution in [3.8, 4) is 5.75 Å². The zero-order valence-electron chi connectivity index (χ0n) is 10.7. The van der Waals surface area contributed by atoms with Gasteiger partial charge in [-0.05, 0) is 24.6 Å². The van der Waals surface area contributed by atoms with Crippen molar-refractivity contribution < 1.29 is 32.8 Å². The molecule has 0 radical (unpaired) electrons. The molecule has 21 heavy (non-hydrogen) atoms. The second-order valence-corrected chi connectivity index (χ2v) is 5.58. The summed E-state index contributed by atoms with van der Waals surface area (Å²) >= 11 is 0. The standard InChI is InChI=1S/C11H14N2O7S/c12-7(11(16)17)2-4-10(15)13-6-1-3-8(14)9(5-6)21(18,19)20/h1,3,5,7,14H,2,4,12H2,(H,13,15)(H,16,17)(H,18,19,20)/t7-/m0/s1. The van der Waals surface area contributed by atoms with Gasteiger partial charge in [0.05, 0.1) is 0 Å². The highest BCUT2D eigenvalue weighted by molar-refractivity contribution is 7.86. The Morgan fingerprint density at radius 2 is 1.95 bits per heavy atom. The largest absolute Gasteiger partial charge is 0.506 e. The Kier molecular flexibility index (Phi) is 5.24. The molecule has 1 amide bonds. The molecule has 1 aromatic carbocycles. The lowest BCUT2D eigenvalue weighted by Gasteiger charge is -2.09. The minimum absolute atomic E-state index is 0.0225. The highest BCUT2D eigenvalue weighted by atomic mass is 32.2. The molecule has 0 saturated heterocycles. The van der Waals surface area contributed by atoms with Crippen LogP contribution in [0.3, 0.4) is 0 Å². The maximum Gasteiger partial charge on any atom is 0.320 e. The molecule has 1 aromatic rings. The lowest BCUT2D eigenvalue weighted by atomic mass is 10.1. The van der Waals surface area contributed by atoms with E-state index in [-0.39, 0.29) is 18.5 Å². The van der Waals surface area contributed by atoms with Gasteiger partial charge < -0.3 is 21.3 Å². The number of carbonyl (C=O) groups excluding carboxylic acids is 1. The topological polar surface area (TPSA) is 167 Å². The first-order valence-electron chi connectivity index (χ1n) is 5.70. The summed E-state index contributed by atoms with van der Waals surface area (Å²) in [7, 11) is -4.63. The molecule has 0 unspecified atom stereocenters. The van der Waals surface area contributed by atoms with Crippen LogP contribution in [0.25, 0.3) is 0 Å². The van der Waals surface area contributed by atoms with Crippen molar-refractivity contribution in [1.82, 2.24) is 0 Å². The Morgan fingerprint density at radius 3 is 2.48 bits per heavy atom. The third-order valence-corrected chi connectivity index (χ3v) is 3.40. The van der Waals surface area contributed by atoms with Crippen LogP contribution in [-0.2, 0) is 19.7 Å². The van der Waals surface area contributed by atoms with Crippen LogP contribution in [0.4, 0.5) is 5.69 Å². The van der Waals surface area contributed by atoms with Gasteiger partial charge in [-0.1, -0.05) is 0 Å². The molecule has 9 nitrogen and oxygen atoms in total. The number of carboxylic acids is 1. The smallest absolute Gasteiger partial charge is 0.320 e. The Bertz CT molecular complexity index is 657. The Hall–Kier alpha value is -2.17. The maximum absolute atomic E-state index is 11.6. The average Bonchev–Trinajstić information content (AvgIpc) is 2.36. The molecule has 0 heterocycles. The van der Waals surface area contributed by atoms with Crippen molar-refractivity contribution in [3.63, 3.8) is 0 Å². The lowest BCUT2D eigenvalue weighted by Crippen LogP contribution is -2.31. The minimum atomic E-state index is -4.63. The number of benzene rings is 1. The summed E-state index contributed by atoms with van der Waals surface area (Å²) in [6.07, 6.45) is -0.278. The van der Waals surface area contributed by atoms with Crippen molar-refractivity contribution in [3.05, 3.63) is 18.2 Å². The minimum Gasteiger partial charge on any atom is -0.506 e. The number of anilines is 1. The van der Waals surface area contributed by atoms with Crippen LogP contribution in [0, 0.1) is 0 Å². The summed E-state index contributed by atoms with van der Waals surface area (Å²) in [5, 5.41) is 20.2. The second-order valence-electron chi connectivity index (χ2n) is 4.19. The number of carbonyl (C=O) groups is 2. The van der Waals surface area contributed by atoms with Crippen molar-refractivity contribution in [2.45, 2.75) is 23.8 Å². The molecule has 0 fully saturated rings. The highest BCUT2D eigenvalue weighted by Gasteiger charge is 2.17. The van der Waals surface area contributed by atoms with Gasteiger partial charge >= 0.3 is 5.97 Å². The van der Waals surface area contributed by atoms with Gasteiger partial charge in [0.25, 0.3) is 10.1 Å². The number of amides is 1. The third-order valence-electron chi connectivity index (χ3n) is 2.52. The molecule has 0 aliphatic carbocycles. The molecule has 0 spiro atoms. The number of carboxylic acid groups (broad SMARTS) is 1. The van der Waals surface area contributed by atoms with Gasteiger partial charge in [0.15, 0.2) is 0 Å². The fourth-order valence-corrected chi connectivity index (χ4v) is 2.04. The number of hydrogen-bond acceptors (Lipinski definition) is 6. The molecule has 116 valence electrons. The second kappa shape index (κ2) is 6.52. The zero-order chi connectivity index (χ0) is 16.2. The van der Waals surface area contributed by atoms with Crippen LogP contribution in [-0.4, -0.2) is 41.1 Å². The number of hydrogen-bond donors (Lipinski definition) is 5. The van der Waals surface area contributed by atoms with Gasteiger partial charge in [0, 0.05) is 12.1 Å². The fraction of sp³-hybridized carbons (Fsp3) is 0.273. The van der Waals surface area contributed by atoms with Gasteiger partial charge in [-0.3, -0.25) is 14.1 Å². The van der Waals surface area contributed by atoms with E-state index in [0.29, 0.717) is 0 Å². The number of nitrogens with one attached hydrogen (secondary N) is 1. The predicted molar refractivity (Wildman–Crippen MR) is 71.4 cm³/mol. The Morgan fingerprint density at radius 1 is 1.33 bits per heavy atom. The van der Waals surface area contributed by atoms with E-state index in [0.717, 1.165) is 12.1 Å². The normalized spacial score (nSPS) is 12.7. The van der Waals surface area contributed by atoms with Crippen molar-refractivity contribution in [2.75, 3.05) is 5.32 Å². The zero-order valence-corrected chi connectivity index (χ0v) is 11.5. The first-order valence-corrected chi connectivity index (χ1v) is 7.14. The van der Waals surface area contributed by atoms with Gasteiger partial charge in [-0.25, -0.2) is 0 Å². The van der Waals surface area contributed by atoms with E-state index in [4.69, 9.17) is 15.4 Å². The molecule has 0 aliphatic heterocycles. The number of aliphatic carboxylic acids is 1. The highest BCUT2D eigenvalue weighted by Crippen LogP contribution is 2.25. The predicted octanol–water partition coefficient (Wildman–Crippen LogP) is -0.231. The molecule has 1 rings (SSSR count). The Balaban J connectivity index is 2.76. The van der Waals surface area contributed by atoms with Crippen molar-refractivity contribution >= 4 is 27.7 Å². The molecule has 0 bridgehead atoms. The first-order chi connectivity index (χ1) is 9.61. The molecular formula is C11H14N2O7S. The van der Waals surface area contributed by atoms with Crippen LogP contribution in [0.5, 0.6) is 5.75 Å². The van der Waals surface area contributed by atoms with Gasteiger partial charge in [-0.15, -0.1) is 0 Å². The third kappa shape index (κ3) is 5.02. The van der Waals surface area contributed by atoms with Crippen LogP contribution >= 0.6 is 0 Å². The molecule has 0 aliphatic rings. The van der Waals surface area contributed by atoms with Crippen LogP contribution in [0.2, 0.25) is 0 Å². The van der Waals surface area contributed by atoms with E-state index in [1.54, 1.807) is 0 Å². The van der Waals surface area contributed by atoms with E-state index < -0.39 is 38.7 Å². The van der Waals surface area contributed by atoms with E-state index in [2.05, 4.69) is 5.32 Å². The summed E-state index contributed by atoms with van der Waals surface area (Å²) < 4.78 is 30.8. The van der Waals surface area contributed by atoms with Crippen molar-refractivity contribution in [2.24, 2.45) is 5.73 Å². The van der Waals surface area contributed by atoms with E-state index >= 15 is 0 Å². The average molecular weight is 318 g/mol. The number of phenols is 1. The number of nitrogens with two attached hydrogens (primary N) is 1. The molecule has 0 saturated carbocycles. The van der Waals surface area contributed by atoms with E-state index in [9.17, 15) is 23.1 Å². The first kappa shape index (κ1) is 16.9. The molecule has 1 atom stereocenters. The quantitative estimate of drug-likeness (QED) is 0.354. The molecule has 10 heteroatoms. The summed E-state index contributed by atoms with van der Waals surface area (Å²) in [6, 6.07) is 1.91. The molecule has 6 N–H and O–H groups in total. The fourth-order valence-electron chi connectivity index (χ4n) is 1.43. The molecular weight excluding hydrogens is 304 g/mol. The van der Waals surface area contributed by atoms with Gasteiger partial charge in [0.2, 0.25) is 5.91 Å².